The Bertz CT molecular complexity index is 287. The van der Waals surface area contributed by atoms with Crippen LogP contribution in [0.15, 0.2) is 12.4 Å². The Morgan fingerprint density at radius 1 is 1.43 bits per heavy atom. The molecule has 0 atom stereocenters. The van der Waals surface area contributed by atoms with E-state index in [4.69, 9.17) is 16.3 Å². The molecule has 0 aliphatic carbocycles. The van der Waals surface area contributed by atoms with Gasteiger partial charge >= 0.3 is 0 Å². The molecule has 0 fully saturated rings. The summed E-state index contributed by atoms with van der Waals surface area (Å²) in [7, 11) is 1.66. The molecule has 0 saturated heterocycles. The Morgan fingerprint density at radius 2 is 2.00 bits per heavy atom. The summed E-state index contributed by atoms with van der Waals surface area (Å²) in [6.45, 7) is 4.60. The average molecular weight is 216 g/mol. The number of rotatable bonds is 4. The monoisotopic (exact) mass is 215 g/mol. The number of nitrogens with one attached hydrogen (secondary N) is 1. The molecule has 1 N–H and O–H groups in total. The predicted octanol–water partition coefficient (Wildman–Crippen LogP) is 1.97. The summed E-state index contributed by atoms with van der Waals surface area (Å²) in [5.41, 5.74) is -0.192. The van der Waals surface area contributed by atoms with Crippen molar-refractivity contribution in [3.63, 3.8) is 0 Å². The molecule has 0 aliphatic heterocycles. The van der Waals surface area contributed by atoms with Gasteiger partial charge in [-0.1, -0.05) is 11.6 Å². The smallest absolute Gasteiger partial charge is 0.223 e. The van der Waals surface area contributed by atoms with Crippen molar-refractivity contribution < 1.29 is 4.74 Å². The van der Waals surface area contributed by atoms with E-state index in [-0.39, 0.29) is 5.54 Å². The minimum absolute atomic E-state index is 0.192. The van der Waals surface area contributed by atoms with Gasteiger partial charge in [-0.15, -0.1) is 0 Å². The third-order valence-electron chi connectivity index (χ3n) is 1.58. The maximum Gasteiger partial charge on any atom is 0.223 e. The second-order valence-electron chi connectivity index (χ2n) is 3.67. The number of ether oxygens (including phenoxy) is 1. The highest BCUT2D eigenvalue weighted by atomic mass is 35.5. The minimum atomic E-state index is -0.192. The maximum atomic E-state index is 5.67. The van der Waals surface area contributed by atoms with Crippen LogP contribution in [0.1, 0.15) is 13.8 Å². The molecule has 78 valence electrons. The van der Waals surface area contributed by atoms with Crippen molar-refractivity contribution >= 4 is 17.5 Å². The summed E-state index contributed by atoms with van der Waals surface area (Å²) in [4.78, 5) is 8.07. The van der Waals surface area contributed by atoms with E-state index < -0.39 is 0 Å². The van der Waals surface area contributed by atoms with Gasteiger partial charge in [0, 0.05) is 7.11 Å². The van der Waals surface area contributed by atoms with Gasteiger partial charge in [-0.25, -0.2) is 9.97 Å². The maximum absolute atomic E-state index is 5.67. The Labute approximate surface area is 88.7 Å². The van der Waals surface area contributed by atoms with E-state index in [2.05, 4.69) is 15.3 Å². The van der Waals surface area contributed by atoms with Crippen molar-refractivity contribution in [2.24, 2.45) is 0 Å². The number of methoxy groups -OCH3 is 1. The van der Waals surface area contributed by atoms with Crippen molar-refractivity contribution in [1.29, 1.82) is 0 Å². The lowest BCUT2D eigenvalue weighted by Gasteiger charge is -2.24. The molecule has 5 heteroatoms. The van der Waals surface area contributed by atoms with Crippen molar-refractivity contribution in [3.8, 4) is 0 Å². The highest BCUT2D eigenvalue weighted by Gasteiger charge is 2.17. The van der Waals surface area contributed by atoms with Crippen LogP contribution in [-0.4, -0.2) is 29.2 Å². The van der Waals surface area contributed by atoms with E-state index in [0.717, 1.165) is 0 Å². The first-order valence-corrected chi connectivity index (χ1v) is 4.66. The summed E-state index contributed by atoms with van der Waals surface area (Å²) in [6, 6.07) is 0. The number of halogens is 1. The number of anilines is 1. The van der Waals surface area contributed by atoms with E-state index in [1.54, 1.807) is 19.5 Å². The van der Waals surface area contributed by atoms with Crippen molar-refractivity contribution in [2.75, 3.05) is 19.0 Å². The quantitative estimate of drug-likeness (QED) is 0.834. The first kappa shape index (κ1) is 11.2. The van der Waals surface area contributed by atoms with Crippen LogP contribution in [0.5, 0.6) is 0 Å². The van der Waals surface area contributed by atoms with Gasteiger partial charge in [-0.2, -0.15) is 0 Å². The van der Waals surface area contributed by atoms with E-state index in [1.807, 2.05) is 13.8 Å². The van der Waals surface area contributed by atoms with E-state index in [0.29, 0.717) is 17.6 Å². The molecule has 0 amide bonds. The molecular weight excluding hydrogens is 202 g/mol. The summed E-state index contributed by atoms with van der Waals surface area (Å²) >= 11 is 5.67. The van der Waals surface area contributed by atoms with Crippen LogP contribution in [0.3, 0.4) is 0 Å². The first-order chi connectivity index (χ1) is 6.53. The molecule has 1 aromatic rings. The lowest BCUT2D eigenvalue weighted by molar-refractivity contribution is 0.158. The second kappa shape index (κ2) is 4.57. The van der Waals surface area contributed by atoms with Gasteiger partial charge < -0.3 is 10.1 Å². The zero-order chi connectivity index (χ0) is 10.6. The molecule has 0 aliphatic rings. The van der Waals surface area contributed by atoms with Gasteiger partial charge in [0.2, 0.25) is 5.95 Å². The van der Waals surface area contributed by atoms with Crippen LogP contribution in [-0.2, 0) is 4.74 Å². The van der Waals surface area contributed by atoms with Gasteiger partial charge in [0.1, 0.15) is 0 Å². The predicted molar refractivity (Wildman–Crippen MR) is 56.6 cm³/mol. The van der Waals surface area contributed by atoms with Crippen LogP contribution in [0, 0.1) is 0 Å². The van der Waals surface area contributed by atoms with Gasteiger partial charge in [-0.05, 0) is 13.8 Å². The first-order valence-electron chi connectivity index (χ1n) is 4.28. The molecule has 0 saturated carbocycles. The molecular formula is C9H14ClN3O. The SMILES string of the molecule is COCC(C)(C)Nc1ncc(Cl)cn1. The van der Waals surface area contributed by atoms with Gasteiger partial charge in [0.25, 0.3) is 0 Å². The third kappa shape index (κ3) is 3.47. The highest BCUT2D eigenvalue weighted by molar-refractivity contribution is 6.30. The summed E-state index contributed by atoms with van der Waals surface area (Å²) in [6.07, 6.45) is 3.11. The molecule has 1 rings (SSSR count). The number of hydrogen-bond acceptors (Lipinski definition) is 4. The van der Waals surface area contributed by atoms with E-state index >= 15 is 0 Å². The second-order valence-corrected chi connectivity index (χ2v) is 4.10. The van der Waals surface area contributed by atoms with Crippen molar-refractivity contribution in [1.82, 2.24) is 9.97 Å². The van der Waals surface area contributed by atoms with Gasteiger partial charge in [-0.3, -0.25) is 0 Å². The van der Waals surface area contributed by atoms with Crippen LogP contribution >= 0.6 is 11.6 Å². The zero-order valence-electron chi connectivity index (χ0n) is 8.54. The van der Waals surface area contributed by atoms with Crippen molar-refractivity contribution in [2.45, 2.75) is 19.4 Å². The lowest BCUT2D eigenvalue weighted by Crippen LogP contribution is -2.36. The molecule has 14 heavy (non-hydrogen) atoms. The van der Waals surface area contributed by atoms with E-state index in [9.17, 15) is 0 Å². The average Bonchev–Trinajstić information content (AvgIpc) is 2.08. The fourth-order valence-electron chi connectivity index (χ4n) is 1.08. The molecule has 1 aromatic heterocycles. The van der Waals surface area contributed by atoms with Crippen LogP contribution in [0.2, 0.25) is 5.02 Å². The standard InChI is InChI=1S/C9H14ClN3O/c1-9(2,6-14-3)13-8-11-4-7(10)5-12-8/h4-5H,6H2,1-3H3,(H,11,12,13). The summed E-state index contributed by atoms with van der Waals surface area (Å²) in [5, 5.41) is 3.67. The molecule has 0 spiro atoms. The fraction of sp³-hybridized carbons (Fsp3) is 0.556. The molecule has 0 aromatic carbocycles. The molecule has 0 bridgehead atoms. The Morgan fingerprint density at radius 3 is 2.50 bits per heavy atom. The minimum Gasteiger partial charge on any atom is -0.382 e. The van der Waals surface area contributed by atoms with Gasteiger partial charge in [0.15, 0.2) is 0 Å². The van der Waals surface area contributed by atoms with E-state index in [1.165, 1.54) is 0 Å². The molecule has 0 radical (unpaired) electrons. The Hall–Kier alpha value is -0.870. The Balaban J connectivity index is 2.64. The molecule has 4 nitrogen and oxygen atoms in total. The number of nitrogens with zero attached hydrogens (tertiary/aromatic N) is 2. The fourth-order valence-corrected chi connectivity index (χ4v) is 1.17. The van der Waals surface area contributed by atoms with Gasteiger partial charge in [0.05, 0.1) is 29.6 Å². The normalized spacial score (nSPS) is 11.4. The third-order valence-corrected chi connectivity index (χ3v) is 1.77. The summed E-state index contributed by atoms with van der Waals surface area (Å²) < 4.78 is 5.06. The molecule has 0 unspecified atom stereocenters. The lowest BCUT2D eigenvalue weighted by atomic mass is 10.1. The highest BCUT2D eigenvalue weighted by Crippen LogP contribution is 2.12. The topological polar surface area (TPSA) is 47.0 Å². The van der Waals surface area contributed by atoms with Crippen LogP contribution < -0.4 is 5.32 Å². The molecule has 1 heterocycles. The van der Waals surface area contributed by atoms with Crippen LogP contribution in [0.4, 0.5) is 5.95 Å². The Kier molecular flexibility index (Phi) is 3.66. The largest absolute Gasteiger partial charge is 0.382 e. The van der Waals surface area contributed by atoms with Crippen molar-refractivity contribution in [3.05, 3.63) is 17.4 Å². The number of hydrogen-bond donors (Lipinski definition) is 1. The number of aromatic nitrogens is 2. The summed E-state index contributed by atoms with van der Waals surface area (Å²) in [5.74, 6) is 0.552. The zero-order valence-corrected chi connectivity index (χ0v) is 9.30. The van der Waals surface area contributed by atoms with Crippen LogP contribution in [0.25, 0.3) is 0 Å².